The van der Waals surface area contributed by atoms with Gasteiger partial charge in [0.25, 0.3) is 0 Å². The molecular weight excluding hydrogens is 299 g/mol. The summed E-state index contributed by atoms with van der Waals surface area (Å²) in [6, 6.07) is 4.69. The molecule has 0 spiro atoms. The van der Waals surface area contributed by atoms with E-state index in [1.807, 2.05) is 0 Å². The minimum atomic E-state index is -4.57. The second kappa shape index (κ2) is 5.84. The van der Waals surface area contributed by atoms with Gasteiger partial charge in [-0.05, 0) is 18.2 Å². The lowest BCUT2D eigenvalue weighted by Gasteiger charge is -2.09. The number of rotatable bonds is 4. The molecule has 1 aromatic carbocycles. The van der Waals surface area contributed by atoms with E-state index in [0.717, 1.165) is 30.2 Å². The van der Waals surface area contributed by atoms with E-state index in [1.54, 1.807) is 0 Å². The number of hydrogen-bond acceptors (Lipinski definition) is 4. The first-order valence-corrected chi connectivity index (χ1v) is 8.10. The van der Waals surface area contributed by atoms with E-state index in [4.69, 9.17) is 5.26 Å². The van der Waals surface area contributed by atoms with E-state index >= 15 is 0 Å². The highest BCUT2D eigenvalue weighted by atomic mass is 32.2. The molecule has 0 aliphatic rings. The molecule has 1 aromatic rings. The van der Waals surface area contributed by atoms with Gasteiger partial charge in [-0.2, -0.15) is 18.4 Å². The largest absolute Gasteiger partial charge is 0.417 e. The van der Waals surface area contributed by atoms with Crippen LogP contribution in [-0.4, -0.2) is 26.2 Å². The van der Waals surface area contributed by atoms with E-state index in [-0.39, 0.29) is 11.5 Å². The van der Waals surface area contributed by atoms with Gasteiger partial charge in [-0.15, -0.1) is 11.8 Å². The van der Waals surface area contributed by atoms with E-state index in [2.05, 4.69) is 0 Å². The second-order valence-corrected chi connectivity index (χ2v) is 7.22. The number of thioether (sulfide) groups is 1. The molecule has 1 rings (SSSR count). The average Bonchev–Trinajstić information content (AvgIpc) is 2.25. The van der Waals surface area contributed by atoms with Crippen molar-refractivity contribution in [2.75, 3.05) is 17.8 Å². The summed E-state index contributed by atoms with van der Waals surface area (Å²) in [5.74, 6) is 0.162. The summed E-state index contributed by atoms with van der Waals surface area (Å²) in [6.07, 6.45) is -3.48. The molecular formula is C11H10F3NO2S2. The van der Waals surface area contributed by atoms with Crippen molar-refractivity contribution >= 4 is 21.6 Å². The summed E-state index contributed by atoms with van der Waals surface area (Å²) in [6.45, 7) is 0. The Kier molecular flexibility index (Phi) is 4.87. The van der Waals surface area contributed by atoms with Gasteiger partial charge in [-0.3, -0.25) is 0 Å². The zero-order valence-electron chi connectivity index (χ0n) is 9.86. The summed E-state index contributed by atoms with van der Waals surface area (Å²) in [4.78, 5) is 0.438. The van der Waals surface area contributed by atoms with Crippen molar-refractivity contribution in [1.29, 1.82) is 5.26 Å². The van der Waals surface area contributed by atoms with Gasteiger partial charge in [0.05, 0.1) is 22.9 Å². The Morgan fingerprint density at radius 3 is 2.47 bits per heavy atom. The van der Waals surface area contributed by atoms with Gasteiger partial charge in [-0.1, -0.05) is 0 Å². The summed E-state index contributed by atoms with van der Waals surface area (Å²) in [7, 11) is -3.11. The summed E-state index contributed by atoms with van der Waals surface area (Å²) >= 11 is 1.10. The molecule has 3 nitrogen and oxygen atoms in total. The fourth-order valence-electron chi connectivity index (χ4n) is 1.26. The van der Waals surface area contributed by atoms with Crippen LogP contribution < -0.4 is 0 Å². The predicted octanol–water partition coefficient (Wildman–Crippen LogP) is 2.71. The van der Waals surface area contributed by atoms with Gasteiger partial charge in [-0.25, -0.2) is 8.42 Å². The Morgan fingerprint density at radius 2 is 2.00 bits per heavy atom. The predicted molar refractivity (Wildman–Crippen MR) is 66.6 cm³/mol. The number of hydrogen-bond donors (Lipinski definition) is 0. The molecule has 19 heavy (non-hydrogen) atoms. The normalized spacial score (nSPS) is 12.2. The number of benzene rings is 1. The summed E-state index contributed by atoms with van der Waals surface area (Å²) in [5.41, 5.74) is -1.45. The number of sulfone groups is 1. The first-order valence-electron chi connectivity index (χ1n) is 5.05. The summed E-state index contributed by atoms with van der Waals surface area (Å²) in [5, 5.41) is 8.71. The molecule has 8 heteroatoms. The Labute approximate surface area is 113 Å². The van der Waals surface area contributed by atoms with Crippen molar-refractivity contribution < 1.29 is 21.6 Å². The lowest BCUT2D eigenvalue weighted by Crippen LogP contribution is -2.08. The van der Waals surface area contributed by atoms with Crippen molar-refractivity contribution in [3.63, 3.8) is 0 Å². The highest BCUT2D eigenvalue weighted by Gasteiger charge is 2.33. The highest BCUT2D eigenvalue weighted by Crippen LogP contribution is 2.33. The maximum Gasteiger partial charge on any atom is 0.417 e. The minimum Gasteiger partial charge on any atom is -0.229 e. The lowest BCUT2D eigenvalue weighted by molar-refractivity contribution is -0.137. The Hall–Kier alpha value is -1.20. The van der Waals surface area contributed by atoms with Crippen LogP contribution in [0, 0.1) is 11.3 Å². The van der Waals surface area contributed by atoms with E-state index in [0.29, 0.717) is 4.90 Å². The van der Waals surface area contributed by atoms with Crippen LogP contribution in [0.3, 0.4) is 0 Å². The molecule has 0 saturated carbocycles. The summed E-state index contributed by atoms with van der Waals surface area (Å²) < 4.78 is 59.4. The van der Waals surface area contributed by atoms with Crippen LogP contribution in [0.4, 0.5) is 13.2 Å². The first-order chi connectivity index (χ1) is 8.63. The molecule has 0 unspecified atom stereocenters. The molecule has 104 valence electrons. The zero-order valence-corrected chi connectivity index (χ0v) is 11.5. The maximum atomic E-state index is 12.5. The third-order valence-electron chi connectivity index (χ3n) is 2.14. The van der Waals surface area contributed by atoms with Crippen LogP contribution in [0.1, 0.15) is 11.1 Å². The van der Waals surface area contributed by atoms with Gasteiger partial charge in [0, 0.05) is 16.9 Å². The van der Waals surface area contributed by atoms with Crippen molar-refractivity contribution in [3.8, 4) is 6.07 Å². The molecule has 0 aliphatic heterocycles. The molecule has 0 N–H and O–H groups in total. The van der Waals surface area contributed by atoms with Gasteiger partial charge in [0.2, 0.25) is 0 Å². The highest BCUT2D eigenvalue weighted by molar-refractivity contribution is 8.00. The van der Waals surface area contributed by atoms with E-state index in [9.17, 15) is 21.6 Å². The molecule has 0 bridgehead atoms. The number of halogens is 3. The number of nitrogens with zero attached hydrogens (tertiary/aromatic N) is 1. The van der Waals surface area contributed by atoms with Crippen LogP contribution in [0.25, 0.3) is 0 Å². The average molecular weight is 309 g/mol. The topological polar surface area (TPSA) is 57.9 Å². The van der Waals surface area contributed by atoms with Crippen LogP contribution in [0.2, 0.25) is 0 Å². The molecule has 0 atom stereocenters. The Morgan fingerprint density at radius 1 is 1.37 bits per heavy atom. The molecule has 0 radical (unpaired) electrons. The van der Waals surface area contributed by atoms with Gasteiger partial charge < -0.3 is 0 Å². The standard InChI is InChI=1S/C11H10F3NO2S2/c1-19(16,17)5-4-18-9-2-3-10(11(12,13)14)8(6-9)7-15/h2-3,6H,4-5H2,1H3. The first kappa shape index (κ1) is 15.9. The maximum absolute atomic E-state index is 12.5. The van der Waals surface area contributed by atoms with Crippen LogP contribution in [-0.2, 0) is 16.0 Å². The fraction of sp³-hybridized carbons (Fsp3) is 0.364. The van der Waals surface area contributed by atoms with Crippen molar-refractivity contribution in [2.45, 2.75) is 11.1 Å². The monoisotopic (exact) mass is 309 g/mol. The van der Waals surface area contributed by atoms with E-state index in [1.165, 1.54) is 12.1 Å². The lowest BCUT2D eigenvalue weighted by atomic mass is 10.1. The van der Waals surface area contributed by atoms with Crippen LogP contribution >= 0.6 is 11.8 Å². The third-order valence-corrected chi connectivity index (χ3v) is 4.34. The molecule has 0 saturated heterocycles. The van der Waals surface area contributed by atoms with Crippen LogP contribution in [0.15, 0.2) is 23.1 Å². The SMILES string of the molecule is CS(=O)(=O)CCSc1ccc(C(F)(F)F)c(C#N)c1. The van der Waals surface area contributed by atoms with Crippen molar-refractivity contribution in [3.05, 3.63) is 29.3 Å². The molecule has 0 aliphatic carbocycles. The van der Waals surface area contributed by atoms with Crippen molar-refractivity contribution in [2.24, 2.45) is 0 Å². The van der Waals surface area contributed by atoms with Gasteiger partial charge >= 0.3 is 6.18 Å². The Bertz CT molecular complexity index is 603. The zero-order chi connectivity index (χ0) is 14.7. The molecule has 0 heterocycles. The second-order valence-electron chi connectivity index (χ2n) is 3.80. The number of nitriles is 1. The van der Waals surface area contributed by atoms with Gasteiger partial charge in [0.1, 0.15) is 9.84 Å². The minimum absolute atomic E-state index is 0.0689. The number of alkyl halides is 3. The van der Waals surface area contributed by atoms with Crippen LogP contribution in [0.5, 0.6) is 0 Å². The Balaban J connectivity index is 2.87. The smallest absolute Gasteiger partial charge is 0.229 e. The molecule has 0 aromatic heterocycles. The fourth-order valence-corrected chi connectivity index (χ4v) is 3.41. The molecule has 0 amide bonds. The molecule has 0 fully saturated rings. The van der Waals surface area contributed by atoms with Gasteiger partial charge in [0.15, 0.2) is 0 Å². The third kappa shape index (κ3) is 5.12. The van der Waals surface area contributed by atoms with Crippen molar-refractivity contribution in [1.82, 2.24) is 0 Å². The quantitative estimate of drug-likeness (QED) is 0.802. The van der Waals surface area contributed by atoms with E-state index < -0.39 is 27.1 Å².